The summed E-state index contributed by atoms with van der Waals surface area (Å²) in [6.45, 7) is 0.889. The Labute approximate surface area is 121 Å². The summed E-state index contributed by atoms with van der Waals surface area (Å²) in [5.41, 5.74) is 0.575. The Morgan fingerprint density at radius 2 is 2.10 bits per heavy atom. The molecule has 6 heteroatoms. The highest BCUT2D eigenvalue weighted by molar-refractivity contribution is 5.79. The number of rotatable bonds is 4. The number of ether oxygens (including phenoxy) is 1. The van der Waals surface area contributed by atoms with Crippen LogP contribution in [0.25, 0.3) is 0 Å². The van der Waals surface area contributed by atoms with Gasteiger partial charge in [0.1, 0.15) is 0 Å². The van der Waals surface area contributed by atoms with Crippen LogP contribution in [0.1, 0.15) is 18.4 Å². The molecule has 0 radical (unpaired) electrons. The van der Waals surface area contributed by atoms with Crippen LogP contribution >= 0.6 is 0 Å². The van der Waals surface area contributed by atoms with Crippen LogP contribution in [-0.4, -0.2) is 37.0 Å². The maximum absolute atomic E-state index is 13.1. The van der Waals surface area contributed by atoms with E-state index in [1.165, 1.54) is 13.2 Å². The van der Waals surface area contributed by atoms with E-state index in [1.54, 1.807) is 4.90 Å². The summed E-state index contributed by atoms with van der Waals surface area (Å²) in [5, 5.41) is 0. The van der Waals surface area contributed by atoms with Crippen LogP contribution in [0.2, 0.25) is 0 Å². The molecular formula is C15H17F2NO3. The van der Waals surface area contributed by atoms with Gasteiger partial charge in [0.05, 0.1) is 13.0 Å². The Kier molecular flexibility index (Phi) is 4.88. The van der Waals surface area contributed by atoms with Gasteiger partial charge >= 0.3 is 5.97 Å². The molecule has 1 fully saturated rings. The molecule has 0 aliphatic carbocycles. The molecule has 1 amide bonds. The molecule has 1 unspecified atom stereocenters. The Hall–Kier alpha value is -1.98. The second-order valence-corrected chi connectivity index (χ2v) is 5.10. The van der Waals surface area contributed by atoms with Gasteiger partial charge in [0, 0.05) is 19.5 Å². The van der Waals surface area contributed by atoms with Crippen molar-refractivity contribution in [2.75, 3.05) is 20.2 Å². The molecule has 114 valence electrons. The molecular weight excluding hydrogens is 280 g/mol. The third kappa shape index (κ3) is 3.77. The molecule has 1 aliphatic heterocycles. The molecule has 4 nitrogen and oxygen atoms in total. The summed E-state index contributed by atoms with van der Waals surface area (Å²) in [6, 6.07) is 3.62. The van der Waals surface area contributed by atoms with Crippen molar-refractivity contribution in [3.05, 3.63) is 35.4 Å². The zero-order valence-electron chi connectivity index (χ0n) is 11.8. The first-order chi connectivity index (χ1) is 10.0. The van der Waals surface area contributed by atoms with Crippen LogP contribution in [0.3, 0.4) is 0 Å². The number of likely N-dealkylation sites (tertiary alicyclic amines) is 1. The molecule has 1 atom stereocenters. The number of esters is 1. The lowest BCUT2D eigenvalue weighted by atomic mass is 10.1. The van der Waals surface area contributed by atoms with Crippen LogP contribution < -0.4 is 0 Å². The van der Waals surface area contributed by atoms with Gasteiger partial charge in [0.25, 0.3) is 0 Å². The molecule has 0 aromatic heterocycles. The molecule has 1 aromatic rings. The second kappa shape index (κ2) is 6.65. The highest BCUT2D eigenvalue weighted by atomic mass is 19.2. The zero-order chi connectivity index (χ0) is 15.4. The van der Waals surface area contributed by atoms with Crippen LogP contribution in [0.15, 0.2) is 18.2 Å². The van der Waals surface area contributed by atoms with E-state index in [9.17, 15) is 18.4 Å². The van der Waals surface area contributed by atoms with Gasteiger partial charge in [-0.25, -0.2) is 8.78 Å². The topological polar surface area (TPSA) is 46.6 Å². The molecule has 1 heterocycles. The number of methoxy groups -OCH3 is 1. The molecule has 21 heavy (non-hydrogen) atoms. The van der Waals surface area contributed by atoms with Gasteiger partial charge < -0.3 is 9.64 Å². The fourth-order valence-electron chi connectivity index (χ4n) is 2.45. The third-order valence-electron chi connectivity index (χ3n) is 3.69. The first-order valence-electron chi connectivity index (χ1n) is 6.80. The van der Waals surface area contributed by atoms with Crippen molar-refractivity contribution in [2.24, 2.45) is 5.92 Å². The van der Waals surface area contributed by atoms with E-state index in [4.69, 9.17) is 0 Å². The molecule has 0 N–H and O–H groups in total. The van der Waals surface area contributed by atoms with E-state index < -0.39 is 11.6 Å². The van der Waals surface area contributed by atoms with E-state index in [2.05, 4.69) is 4.74 Å². The van der Waals surface area contributed by atoms with Gasteiger partial charge in [-0.05, 0) is 30.5 Å². The van der Waals surface area contributed by atoms with Gasteiger partial charge in [0.15, 0.2) is 11.6 Å². The average Bonchev–Trinajstić information content (AvgIpc) is 2.97. The van der Waals surface area contributed by atoms with Gasteiger partial charge in [0.2, 0.25) is 5.91 Å². The quantitative estimate of drug-likeness (QED) is 0.798. The average molecular weight is 297 g/mol. The number of carbonyl (C=O) groups excluding carboxylic acids is 2. The van der Waals surface area contributed by atoms with Crippen molar-refractivity contribution in [1.29, 1.82) is 0 Å². The van der Waals surface area contributed by atoms with Gasteiger partial charge in [-0.3, -0.25) is 9.59 Å². The van der Waals surface area contributed by atoms with Crippen molar-refractivity contribution in [3.63, 3.8) is 0 Å². The number of benzene rings is 1. The van der Waals surface area contributed by atoms with Gasteiger partial charge in [-0.15, -0.1) is 0 Å². The van der Waals surface area contributed by atoms with Crippen molar-refractivity contribution < 1.29 is 23.1 Å². The largest absolute Gasteiger partial charge is 0.469 e. The Bertz CT molecular complexity index is 548. The summed E-state index contributed by atoms with van der Waals surface area (Å²) >= 11 is 0. The summed E-state index contributed by atoms with van der Waals surface area (Å²) in [4.78, 5) is 25.0. The second-order valence-electron chi connectivity index (χ2n) is 5.10. The predicted molar refractivity (Wildman–Crippen MR) is 71.4 cm³/mol. The number of amides is 1. The molecule has 0 spiro atoms. The number of hydrogen-bond acceptors (Lipinski definition) is 3. The van der Waals surface area contributed by atoms with Crippen LogP contribution in [0.4, 0.5) is 8.78 Å². The lowest BCUT2D eigenvalue weighted by Crippen LogP contribution is -2.30. The minimum atomic E-state index is -0.910. The fourth-order valence-corrected chi connectivity index (χ4v) is 2.45. The van der Waals surface area contributed by atoms with E-state index in [-0.39, 0.29) is 24.2 Å². The monoisotopic (exact) mass is 297 g/mol. The smallest absolute Gasteiger partial charge is 0.310 e. The minimum Gasteiger partial charge on any atom is -0.469 e. The standard InChI is InChI=1S/C15H17F2NO3/c1-21-15(20)11-6-7-18(9-11)14(19)5-3-10-2-4-12(16)13(17)8-10/h2,4,8,11H,3,5-7,9H2,1H3. The first-order valence-corrected chi connectivity index (χ1v) is 6.80. The molecule has 0 saturated carbocycles. The minimum absolute atomic E-state index is 0.0915. The van der Waals surface area contributed by atoms with Crippen molar-refractivity contribution in [3.8, 4) is 0 Å². The maximum atomic E-state index is 13.1. The third-order valence-corrected chi connectivity index (χ3v) is 3.69. The fraction of sp³-hybridized carbons (Fsp3) is 0.467. The summed E-state index contributed by atoms with van der Waals surface area (Å²) in [5.74, 6) is -2.46. The molecule has 1 saturated heterocycles. The lowest BCUT2D eigenvalue weighted by Gasteiger charge is -2.16. The van der Waals surface area contributed by atoms with Crippen molar-refractivity contribution in [2.45, 2.75) is 19.3 Å². The Morgan fingerprint density at radius 1 is 1.33 bits per heavy atom. The number of nitrogens with zero attached hydrogens (tertiary/aromatic N) is 1. The van der Waals surface area contributed by atoms with Crippen molar-refractivity contribution in [1.82, 2.24) is 4.90 Å². The Balaban J connectivity index is 1.85. The molecule has 1 aromatic carbocycles. The molecule has 1 aliphatic rings. The zero-order valence-corrected chi connectivity index (χ0v) is 11.8. The summed E-state index contributed by atoms with van der Waals surface area (Å²) in [6.07, 6.45) is 1.15. The van der Waals surface area contributed by atoms with E-state index in [0.29, 0.717) is 31.5 Å². The number of halogens is 2. The molecule has 2 rings (SSSR count). The van der Waals surface area contributed by atoms with E-state index in [0.717, 1.165) is 12.1 Å². The van der Waals surface area contributed by atoms with E-state index >= 15 is 0 Å². The highest BCUT2D eigenvalue weighted by Crippen LogP contribution is 2.19. The van der Waals surface area contributed by atoms with Gasteiger partial charge in [-0.1, -0.05) is 6.07 Å². The van der Waals surface area contributed by atoms with Crippen molar-refractivity contribution >= 4 is 11.9 Å². The van der Waals surface area contributed by atoms with Crippen LogP contribution in [-0.2, 0) is 20.7 Å². The SMILES string of the molecule is COC(=O)C1CCN(C(=O)CCc2ccc(F)c(F)c2)C1. The van der Waals surface area contributed by atoms with E-state index in [1.807, 2.05) is 0 Å². The number of carbonyl (C=O) groups is 2. The lowest BCUT2D eigenvalue weighted by molar-refractivity contribution is -0.145. The van der Waals surface area contributed by atoms with Crippen LogP contribution in [0, 0.1) is 17.6 Å². The highest BCUT2D eigenvalue weighted by Gasteiger charge is 2.31. The summed E-state index contributed by atoms with van der Waals surface area (Å²) in [7, 11) is 1.33. The number of hydrogen-bond donors (Lipinski definition) is 0. The maximum Gasteiger partial charge on any atom is 0.310 e. The first kappa shape index (κ1) is 15.4. The Morgan fingerprint density at radius 3 is 2.76 bits per heavy atom. The van der Waals surface area contributed by atoms with Crippen LogP contribution in [0.5, 0.6) is 0 Å². The predicted octanol–water partition coefficient (Wildman–Crippen LogP) is 1.92. The van der Waals surface area contributed by atoms with Gasteiger partial charge in [-0.2, -0.15) is 0 Å². The summed E-state index contributed by atoms with van der Waals surface area (Å²) < 4.78 is 30.5. The molecule has 0 bridgehead atoms. The number of aryl methyl sites for hydroxylation is 1. The normalized spacial score (nSPS) is 17.9.